The van der Waals surface area contributed by atoms with Crippen molar-refractivity contribution in [3.8, 4) is 0 Å². The lowest BCUT2D eigenvalue weighted by Gasteiger charge is -2.18. The van der Waals surface area contributed by atoms with E-state index in [9.17, 15) is 14.4 Å². The van der Waals surface area contributed by atoms with Crippen LogP contribution in [0.3, 0.4) is 0 Å². The number of carbonyl (C=O) groups excluding carboxylic acids is 3. The molecule has 0 fully saturated rings. The number of ether oxygens (including phenoxy) is 3. The second-order valence-corrected chi connectivity index (χ2v) is 18.1. The van der Waals surface area contributed by atoms with Crippen LogP contribution in [0.5, 0.6) is 0 Å². The van der Waals surface area contributed by atoms with Gasteiger partial charge in [-0.2, -0.15) is 0 Å². The molecule has 0 radical (unpaired) electrons. The highest BCUT2D eigenvalue weighted by Crippen LogP contribution is 2.16. The molecule has 0 aliphatic rings. The van der Waals surface area contributed by atoms with E-state index in [1.165, 1.54) is 135 Å². The zero-order valence-electron chi connectivity index (χ0n) is 42.7. The number of carbonyl (C=O) groups is 3. The predicted molar refractivity (Wildman–Crippen MR) is 279 cm³/mol. The van der Waals surface area contributed by atoms with E-state index < -0.39 is 12.1 Å². The average molecular weight is 907 g/mol. The third-order valence-electron chi connectivity index (χ3n) is 11.7. The van der Waals surface area contributed by atoms with Gasteiger partial charge in [-0.15, -0.1) is 0 Å². The molecule has 0 saturated carbocycles. The normalized spacial score (nSPS) is 12.6. The van der Waals surface area contributed by atoms with Gasteiger partial charge in [-0.05, 0) is 64.2 Å². The van der Waals surface area contributed by atoms with Crippen LogP contribution < -0.4 is 0 Å². The van der Waals surface area contributed by atoms with E-state index in [0.717, 1.165) is 89.9 Å². The maximum absolute atomic E-state index is 12.7. The number of unbranched alkanes of at least 4 members (excludes halogenated alkanes) is 27. The van der Waals surface area contributed by atoms with Crippen molar-refractivity contribution < 1.29 is 28.6 Å². The first-order valence-corrected chi connectivity index (χ1v) is 27.4. The van der Waals surface area contributed by atoms with Crippen LogP contribution in [-0.4, -0.2) is 37.2 Å². The monoisotopic (exact) mass is 907 g/mol. The van der Waals surface area contributed by atoms with Crippen molar-refractivity contribution in [2.45, 2.75) is 271 Å². The van der Waals surface area contributed by atoms with Gasteiger partial charge < -0.3 is 14.2 Å². The third-order valence-corrected chi connectivity index (χ3v) is 11.7. The highest BCUT2D eigenvalue weighted by molar-refractivity contribution is 5.72. The van der Waals surface area contributed by atoms with Crippen molar-refractivity contribution in [1.82, 2.24) is 0 Å². The van der Waals surface area contributed by atoms with Crippen molar-refractivity contribution in [2.24, 2.45) is 0 Å². The first kappa shape index (κ1) is 61.9. The molecule has 0 N–H and O–H groups in total. The van der Waals surface area contributed by atoms with Gasteiger partial charge in [0.05, 0.1) is 6.42 Å². The van der Waals surface area contributed by atoms with Crippen LogP contribution in [0.1, 0.15) is 265 Å². The van der Waals surface area contributed by atoms with Gasteiger partial charge in [0.15, 0.2) is 6.10 Å². The largest absolute Gasteiger partial charge is 0.462 e. The Morgan fingerprint density at radius 2 is 0.677 bits per heavy atom. The molecular weight excluding hydrogens is 805 g/mol. The van der Waals surface area contributed by atoms with Gasteiger partial charge >= 0.3 is 17.9 Å². The van der Waals surface area contributed by atoms with Crippen LogP contribution in [0.15, 0.2) is 72.9 Å². The first-order valence-electron chi connectivity index (χ1n) is 27.4. The van der Waals surface area contributed by atoms with Crippen LogP contribution in [-0.2, 0) is 28.6 Å². The van der Waals surface area contributed by atoms with E-state index in [-0.39, 0.29) is 31.6 Å². The number of allylic oxidation sites excluding steroid dienone is 11. The molecule has 0 heterocycles. The van der Waals surface area contributed by atoms with Crippen LogP contribution in [0, 0.1) is 0 Å². The summed E-state index contributed by atoms with van der Waals surface area (Å²) in [6.07, 6.45) is 67.9. The van der Waals surface area contributed by atoms with E-state index in [2.05, 4.69) is 81.5 Å². The van der Waals surface area contributed by atoms with Crippen molar-refractivity contribution in [2.75, 3.05) is 13.2 Å². The lowest BCUT2D eigenvalue weighted by molar-refractivity contribution is -0.166. The molecule has 374 valence electrons. The van der Waals surface area contributed by atoms with Crippen LogP contribution in [0.2, 0.25) is 0 Å². The lowest BCUT2D eigenvalue weighted by Crippen LogP contribution is -2.30. The molecule has 1 atom stereocenters. The Morgan fingerprint density at radius 3 is 1.06 bits per heavy atom. The highest BCUT2D eigenvalue weighted by atomic mass is 16.6. The van der Waals surface area contributed by atoms with Gasteiger partial charge in [0.1, 0.15) is 13.2 Å². The van der Waals surface area contributed by atoms with Crippen LogP contribution in [0.4, 0.5) is 0 Å². The maximum Gasteiger partial charge on any atom is 0.310 e. The number of hydrogen-bond acceptors (Lipinski definition) is 6. The Balaban J connectivity index is 4.33. The van der Waals surface area contributed by atoms with Crippen molar-refractivity contribution in [1.29, 1.82) is 0 Å². The van der Waals surface area contributed by atoms with Gasteiger partial charge in [-0.25, -0.2) is 0 Å². The molecular formula is C59H102O6. The maximum atomic E-state index is 12.7. The zero-order chi connectivity index (χ0) is 47.2. The average Bonchev–Trinajstić information content (AvgIpc) is 3.30. The van der Waals surface area contributed by atoms with E-state index in [0.29, 0.717) is 12.8 Å². The van der Waals surface area contributed by atoms with Gasteiger partial charge in [0.2, 0.25) is 0 Å². The molecule has 0 aromatic carbocycles. The summed E-state index contributed by atoms with van der Waals surface area (Å²) < 4.78 is 16.7. The van der Waals surface area contributed by atoms with Crippen molar-refractivity contribution >= 4 is 17.9 Å². The van der Waals surface area contributed by atoms with Gasteiger partial charge in [-0.3, -0.25) is 14.4 Å². The summed E-state index contributed by atoms with van der Waals surface area (Å²) in [5, 5.41) is 0. The smallest absolute Gasteiger partial charge is 0.310 e. The SMILES string of the molecule is CC/C=C\C/C=C\C/C=C\C/C=C\C/C=C\CC(=O)OC(COC(=O)CCCCCCC/C=C\CCC)COC(=O)CCCCCCCCCCCCCCCCCCCCCCCC. The van der Waals surface area contributed by atoms with Crippen molar-refractivity contribution in [3.63, 3.8) is 0 Å². The topological polar surface area (TPSA) is 78.9 Å². The first-order chi connectivity index (χ1) is 32.0. The Kier molecular flexibility index (Phi) is 50.9. The second-order valence-electron chi connectivity index (χ2n) is 18.1. The zero-order valence-corrected chi connectivity index (χ0v) is 42.7. The molecule has 0 aromatic rings. The molecule has 0 rings (SSSR count). The Bertz CT molecular complexity index is 1230. The van der Waals surface area contributed by atoms with Gasteiger partial charge in [0, 0.05) is 12.8 Å². The summed E-state index contributed by atoms with van der Waals surface area (Å²) in [6, 6.07) is 0. The Morgan fingerprint density at radius 1 is 0.338 bits per heavy atom. The summed E-state index contributed by atoms with van der Waals surface area (Å²) in [4.78, 5) is 37.9. The van der Waals surface area contributed by atoms with Crippen LogP contribution >= 0.6 is 0 Å². The van der Waals surface area contributed by atoms with Crippen LogP contribution in [0.25, 0.3) is 0 Å². The fourth-order valence-corrected chi connectivity index (χ4v) is 7.64. The Hall–Kier alpha value is -3.15. The molecule has 1 unspecified atom stereocenters. The molecule has 0 aliphatic heterocycles. The fourth-order valence-electron chi connectivity index (χ4n) is 7.64. The van der Waals surface area contributed by atoms with E-state index in [1.54, 1.807) is 6.08 Å². The summed E-state index contributed by atoms with van der Waals surface area (Å²) >= 11 is 0. The summed E-state index contributed by atoms with van der Waals surface area (Å²) in [5.41, 5.74) is 0. The molecule has 0 aliphatic carbocycles. The number of rotatable bonds is 49. The molecule has 0 aromatic heterocycles. The summed E-state index contributed by atoms with van der Waals surface area (Å²) in [7, 11) is 0. The minimum atomic E-state index is -0.830. The van der Waals surface area contributed by atoms with E-state index in [1.807, 2.05) is 6.08 Å². The molecule has 0 amide bonds. The minimum absolute atomic E-state index is 0.0970. The van der Waals surface area contributed by atoms with E-state index >= 15 is 0 Å². The number of hydrogen-bond donors (Lipinski definition) is 0. The molecule has 0 spiro atoms. The fraction of sp³-hybridized carbons (Fsp3) is 0.746. The standard InChI is InChI=1S/C59H102O6/c1-4-7-10-13-16-19-22-24-26-27-28-29-30-31-32-34-35-37-40-43-46-49-52-58(61)64-55-56(54-63-57(60)51-48-45-42-39-21-18-15-12-9-6-3)65-59(62)53-50-47-44-41-38-36-33-25-23-20-17-14-11-8-5-2/h8,11-12,15,17,20,25,33,38,41,47,50,56H,4-7,9-10,13-14,16,18-19,21-24,26-32,34-37,39-40,42-46,48-49,51-55H2,1-3H3/b11-8-,15-12-,20-17-,33-25-,41-38-,50-47-. The quantitative estimate of drug-likeness (QED) is 0.0262. The van der Waals surface area contributed by atoms with Gasteiger partial charge in [0.25, 0.3) is 0 Å². The predicted octanol–water partition coefficient (Wildman–Crippen LogP) is 18.2. The van der Waals surface area contributed by atoms with E-state index in [4.69, 9.17) is 14.2 Å². The molecule has 6 heteroatoms. The van der Waals surface area contributed by atoms with Crippen molar-refractivity contribution in [3.05, 3.63) is 72.9 Å². The molecule has 65 heavy (non-hydrogen) atoms. The van der Waals surface area contributed by atoms with Gasteiger partial charge in [-0.1, -0.05) is 254 Å². The summed E-state index contributed by atoms with van der Waals surface area (Å²) in [6.45, 7) is 6.39. The Labute approximate surface area is 402 Å². The highest BCUT2D eigenvalue weighted by Gasteiger charge is 2.19. The number of esters is 3. The molecule has 0 bridgehead atoms. The third kappa shape index (κ3) is 51.7. The second kappa shape index (κ2) is 53.5. The minimum Gasteiger partial charge on any atom is -0.462 e. The lowest BCUT2D eigenvalue weighted by atomic mass is 10.0. The summed E-state index contributed by atoms with van der Waals surface area (Å²) in [5.74, 6) is -1.05. The molecule has 6 nitrogen and oxygen atoms in total. The molecule has 0 saturated heterocycles.